The van der Waals surface area contributed by atoms with E-state index in [0.717, 1.165) is 7.11 Å². The first-order valence-electron chi connectivity index (χ1n) is 10.8. The molecule has 1 aliphatic rings. The number of hydrogen-bond donors (Lipinski definition) is 1. The van der Waals surface area contributed by atoms with Crippen LogP contribution < -0.4 is 10.1 Å². The molecular formula is C23H28N2O10. The van der Waals surface area contributed by atoms with Crippen molar-refractivity contribution in [2.45, 2.75) is 51.2 Å². The highest BCUT2D eigenvalue weighted by molar-refractivity contribution is 5.90. The normalized spacial score (nSPS) is 21.3. The number of amides is 1. The fourth-order valence-corrected chi connectivity index (χ4v) is 3.46. The zero-order chi connectivity index (χ0) is 26.0. The number of rotatable bonds is 8. The lowest BCUT2D eigenvalue weighted by molar-refractivity contribution is -0.384. The first-order chi connectivity index (χ1) is 16.6. The van der Waals surface area contributed by atoms with Crippen molar-refractivity contribution < 1.29 is 43.0 Å². The topological polar surface area (TPSA) is 160 Å². The molecule has 0 saturated heterocycles. The van der Waals surface area contributed by atoms with Gasteiger partial charge in [0.1, 0.15) is 17.9 Å². The van der Waals surface area contributed by atoms with Gasteiger partial charge in [0.15, 0.2) is 0 Å². The van der Waals surface area contributed by atoms with Crippen molar-refractivity contribution in [1.29, 1.82) is 0 Å². The second kappa shape index (κ2) is 12.5. The number of nitro groups is 1. The first-order valence-corrected chi connectivity index (χ1v) is 10.8. The SMILES string of the molecule is COC(=O)CC(NC(=O)[C@]1(C)CC/C=C/[C@H](OC(=O)Oc2ccc([N+](=O)[O-])cc2)CC1)C(=O)OC. The highest BCUT2D eigenvalue weighted by Crippen LogP contribution is 2.33. The number of allylic oxidation sites excluding steroid dienone is 1. The van der Waals surface area contributed by atoms with E-state index in [9.17, 15) is 29.3 Å². The summed E-state index contributed by atoms with van der Waals surface area (Å²) < 4.78 is 19.7. The van der Waals surface area contributed by atoms with Gasteiger partial charge < -0.3 is 24.3 Å². The average molecular weight is 492 g/mol. The number of carbonyl (C=O) groups excluding carboxylic acids is 4. The van der Waals surface area contributed by atoms with Crippen LogP contribution in [0.25, 0.3) is 0 Å². The number of ether oxygens (including phenoxy) is 4. The summed E-state index contributed by atoms with van der Waals surface area (Å²) in [6.45, 7) is 1.72. The van der Waals surface area contributed by atoms with Crippen molar-refractivity contribution in [3.8, 4) is 5.75 Å². The maximum atomic E-state index is 13.1. The van der Waals surface area contributed by atoms with Gasteiger partial charge in [0, 0.05) is 17.5 Å². The molecule has 3 atom stereocenters. The molecular weight excluding hydrogens is 464 g/mol. The van der Waals surface area contributed by atoms with Crippen LogP contribution in [0.3, 0.4) is 0 Å². The summed E-state index contributed by atoms with van der Waals surface area (Å²) in [4.78, 5) is 59.0. The van der Waals surface area contributed by atoms with Gasteiger partial charge in [-0.15, -0.1) is 0 Å². The third kappa shape index (κ3) is 8.09. The highest BCUT2D eigenvalue weighted by atomic mass is 16.7. The van der Waals surface area contributed by atoms with Crippen molar-refractivity contribution in [3.05, 3.63) is 46.5 Å². The van der Waals surface area contributed by atoms with Gasteiger partial charge in [-0.2, -0.15) is 0 Å². The molecule has 0 spiro atoms. The highest BCUT2D eigenvalue weighted by Gasteiger charge is 2.37. The van der Waals surface area contributed by atoms with Gasteiger partial charge in [-0.3, -0.25) is 19.7 Å². The number of nitrogens with zero attached hydrogens (tertiary/aromatic N) is 1. The summed E-state index contributed by atoms with van der Waals surface area (Å²) in [6.07, 6.45) is 2.99. The molecule has 1 N–H and O–H groups in total. The van der Waals surface area contributed by atoms with Gasteiger partial charge in [-0.05, 0) is 43.9 Å². The molecule has 12 heteroatoms. The van der Waals surface area contributed by atoms with Crippen LogP contribution >= 0.6 is 0 Å². The van der Waals surface area contributed by atoms with Gasteiger partial charge in [0.05, 0.1) is 25.6 Å². The summed E-state index contributed by atoms with van der Waals surface area (Å²) in [6, 6.07) is 3.76. The largest absolute Gasteiger partial charge is 0.514 e. The van der Waals surface area contributed by atoms with Crippen LogP contribution in [0.1, 0.15) is 39.0 Å². The Morgan fingerprint density at radius 3 is 2.43 bits per heavy atom. The Bertz CT molecular complexity index is 975. The molecule has 0 heterocycles. The molecule has 1 aliphatic carbocycles. The second-order valence-corrected chi connectivity index (χ2v) is 8.16. The Balaban J connectivity index is 1.99. The van der Waals surface area contributed by atoms with E-state index in [4.69, 9.17) is 9.47 Å². The quantitative estimate of drug-likeness (QED) is 0.143. The number of carbonyl (C=O) groups is 4. The lowest BCUT2D eigenvalue weighted by Crippen LogP contribution is -2.49. The summed E-state index contributed by atoms with van der Waals surface area (Å²) in [5.41, 5.74) is -1.07. The minimum Gasteiger partial charge on any atom is -0.469 e. The standard InChI is InChI=1S/C23H28N2O10/c1-23(21(28)24-18(20(27)33-3)14-19(26)32-2)12-5-4-6-16(11-13-23)34-22(29)35-17-9-7-15(8-10-17)25(30)31/h4,6-10,16,18H,5,11-14H2,1-3H3,(H,24,28)/b6-4+/t16-,18?,23+/m0/s1. The maximum Gasteiger partial charge on any atom is 0.514 e. The van der Waals surface area contributed by atoms with Crippen molar-refractivity contribution in [2.75, 3.05) is 14.2 Å². The van der Waals surface area contributed by atoms with E-state index in [2.05, 4.69) is 14.8 Å². The monoisotopic (exact) mass is 492 g/mol. The van der Waals surface area contributed by atoms with E-state index in [1.54, 1.807) is 19.1 Å². The fourth-order valence-electron chi connectivity index (χ4n) is 3.46. The molecule has 0 aromatic heterocycles. The zero-order valence-corrected chi connectivity index (χ0v) is 19.7. The number of esters is 2. The third-order valence-electron chi connectivity index (χ3n) is 5.63. The predicted octanol–water partition coefficient (Wildman–Crippen LogP) is 2.84. The molecule has 1 aromatic rings. The molecule has 2 rings (SSSR count). The number of hydrogen-bond acceptors (Lipinski definition) is 10. The minimum absolute atomic E-state index is 0.0825. The fraction of sp³-hybridized carbons (Fsp3) is 0.478. The molecule has 0 bridgehead atoms. The second-order valence-electron chi connectivity index (χ2n) is 8.16. The van der Waals surface area contributed by atoms with Crippen molar-refractivity contribution in [3.63, 3.8) is 0 Å². The molecule has 0 radical (unpaired) electrons. The summed E-state index contributed by atoms with van der Waals surface area (Å²) in [5, 5.41) is 13.3. The average Bonchev–Trinajstić information content (AvgIpc) is 2.82. The van der Waals surface area contributed by atoms with E-state index in [1.807, 2.05) is 0 Å². The van der Waals surface area contributed by atoms with Crippen LogP contribution in [-0.2, 0) is 28.6 Å². The number of nitro benzene ring substituents is 1. The summed E-state index contributed by atoms with van der Waals surface area (Å²) in [5.74, 6) is -1.81. The third-order valence-corrected chi connectivity index (χ3v) is 5.63. The Labute approximate surface area is 201 Å². The van der Waals surface area contributed by atoms with Crippen LogP contribution in [0.5, 0.6) is 5.75 Å². The van der Waals surface area contributed by atoms with Crippen molar-refractivity contribution in [2.24, 2.45) is 5.41 Å². The molecule has 0 saturated carbocycles. The van der Waals surface area contributed by atoms with Crippen LogP contribution in [-0.4, -0.2) is 55.3 Å². The molecule has 1 aromatic carbocycles. The van der Waals surface area contributed by atoms with Gasteiger partial charge in [-0.25, -0.2) is 9.59 Å². The van der Waals surface area contributed by atoms with Crippen LogP contribution in [0, 0.1) is 15.5 Å². The Morgan fingerprint density at radius 1 is 1.14 bits per heavy atom. The predicted molar refractivity (Wildman–Crippen MR) is 120 cm³/mol. The zero-order valence-electron chi connectivity index (χ0n) is 19.7. The molecule has 1 amide bonds. The number of non-ortho nitro benzene ring substituents is 1. The Morgan fingerprint density at radius 2 is 1.83 bits per heavy atom. The van der Waals surface area contributed by atoms with Crippen molar-refractivity contribution in [1.82, 2.24) is 5.32 Å². The lowest BCUT2D eigenvalue weighted by Gasteiger charge is -2.32. The van der Waals surface area contributed by atoms with Crippen LogP contribution in [0.4, 0.5) is 10.5 Å². The summed E-state index contributed by atoms with van der Waals surface area (Å²) >= 11 is 0. The smallest absolute Gasteiger partial charge is 0.469 e. The van der Waals surface area contributed by atoms with Gasteiger partial charge in [-0.1, -0.05) is 13.0 Å². The van der Waals surface area contributed by atoms with E-state index in [0.29, 0.717) is 19.3 Å². The maximum absolute atomic E-state index is 13.1. The Kier molecular flexibility index (Phi) is 9.74. The van der Waals surface area contributed by atoms with E-state index in [1.165, 1.54) is 31.4 Å². The molecule has 35 heavy (non-hydrogen) atoms. The van der Waals surface area contributed by atoms with Gasteiger partial charge in [0.25, 0.3) is 5.69 Å². The van der Waals surface area contributed by atoms with Gasteiger partial charge >= 0.3 is 18.1 Å². The van der Waals surface area contributed by atoms with Crippen LogP contribution in [0.2, 0.25) is 0 Å². The van der Waals surface area contributed by atoms with E-state index < -0.39 is 46.5 Å². The molecule has 1 unspecified atom stereocenters. The first kappa shape index (κ1) is 27.3. The van der Waals surface area contributed by atoms with Crippen LogP contribution in [0.15, 0.2) is 36.4 Å². The van der Waals surface area contributed by atoms with Gasteiger partial charge in [0.2, 0.25) is 5.91 Å². The number of methoxy groups -OCH3 is 2. The van der Waals surface area contributed by atoms with E-state index >= 15 is 0 Å². The Hall–Kier alpha value is -3.96. The molecule has 12 nitrogen and oxygen atoms in total. The minimum atomic E-state index is -1.19. The number of benzene rings is 1. The number of nitrogens with one attached hydrogen (secondary N) is 1. The lowest BCUT2D eigenvalue weighted by atomic mass is 9.77. The molecule has 190 valence electrons. The molecule has 0 aliphatic heterocycles. The molecule has 0 fully saturated rings. The van der Waals surface area contributed by atoms with E-state index in [-0.39, 0.29) is 24.3 Å². The summed E-state index contributed by atoms with van der Waals surface area (Å²) in [7, 11) is 2.33. The van der Waals surface area contributed by atoms with Crippen molar-refractivity contribution >= 4 is 29.7 Å².